The summed E-state index contributed by atoms with van der Waals surface area (Å²) in [5.41, 5.74) is 0.753. The molecule has 1 N–H and O–H groups in total. The molecule has 0 fully saturated rings. The first-order valence-electron chi connectivity index (χ1n) is 12.1. The Morgan fingerprint density at radius 1 is 1.11 bits per heavy atom. The number of rotatable bonds is 11. The van der Waals surface area contributed by atoms with Gasteiger partial charge in [-0.15, -0.1) is 0 Å². The summed E-state index contributed by atoms with van der Waals surface area (Å²) in [7, 11) is -3.96. The van der Waals surface area contributed by atoms with Crippen LogP contribution in [0.15, 0.2) is 47.4 Å². The van der Waals surface area contributed by atoms with Crippen molar-refractivity contribution in [3.8, 4) is 0 Å². The zero-order valence-electron chi connectivity index (χ0n) is 21.0. The van der Waals surface area contributed by atoms with E-state index in [0.717, 1.165) is 4.31 Å². The first kappa shape index (κ1) is 28.9. The largest absolute Gasteiger partial charge is 0.354 e. The molecule has 0 aliphatic carbocycles. The average molecular weight is 569 g/mol. The lowest BCUT2D eigenvalue weighted by molar-refractivity contribution is -0.141. The molecule has 3 amide bonds. The molecule has 200 valence electrons. The van der Waals surface area contributed by atoms with E-state index in [9.17, 15) is 22.8 Å². The molecular weight excluding hydrogens is 537 g/mol. The van der Waals surface area contributed by atoms with E-state index in [1.165, 1.54) is 17.0 Å². The number of nitrogens with zero attached hydrogens (tertiary/aromatic N) is 2. The first-order chi connectivity index (χ1) is 17.5. The van der Waals surface area contributed by atoms with Crippen molar-refractivity contribution in [3.63, 3.8) is 0 Å². The minimum atomic E-state index is -3.96. The second kappa shape index (κ2) is 12.3. The molecule has 0 unspecified atom stereocenters. The van der Waals surface area contributed by atoms with E-state index in [-0.39, 0.29) is 54.1 Å². The number of amides is 3. The van der Waals surface area contributed by atoms with Gasteiger partial charge < -0.3 is 10.2 Å². The van der Waals surface area contributed by atoms with Crippen LogP contribution in [-0.2, 0) is 26.2 Å². The molecule has 0 aromatic heterocycles. The smallest absolute Gasteiger partial charge is 0.269 e. The van der Waals surface area contributed by atoms with Gasteiger partial charge >= 0.3 is 0 Å². The van der Waals surface area contributed by atoms with Crippen molar-refractivity contribution in [1.82, 2.24) is 14.5 Å². The molecule has 1 heterocycles. The molecule has 3 rings (SSSR count). The zero-order valence-corrected chi connectivity index (χ0v) is 23.4. The van der Waals surface area contributed by atoms with Crippen LogP contribution >= 0.6 is 23.2 Å². The molecule has 8 nitrogen and oxygen atoms in total. The average Bonchev–Trinajstić information content (AvgIpc) is 3.04. The van der Waals surface area contributed by atoms with E-state index in [1.807, 2.05) is 20.8 Å². The maximum atomic E-state index is 13.4. The van der Waals surface area contributed by atoms with Crippen molar-refractivity contribution in [3.05, 3.63) is 63.6 Å². The molecule has 0 saturated heterocycles. The first-order valence-corrected chi connectivity index (χ1v) is 14.3. The maximum absolute atomic E-state index is 13.4. The molecule has 11 heteroatoms. The monoisotopic (exact) mass is 567 g/mol. The van der Waals surface area contributed by atoms with Gasteiger partial charge in [0.25, 0.3) is 15.9 Å². The fourth-order valence-electron chi connectivity index (χ4n) is 4.15. The van der Waals surface area contributed by atoms with E-state index in [0.29, 0.717) is 28.6 Å². The van der Waals surface area contributed by atoms with Crippen LogP contribution in [0, 0.1) is 5.92 Å². The van der Waals surface area contributed by atoms with E-state index in [2.05, 4.69) is 5.32 Å². The van der Waals surface area contributed by atoms with Gasteiger partial charge in [0, 0.05) is 36.1 Å². The highest BCUT2D eigenvalue weighted by molar-refractivity contribution is 7.90. The van der Waals surface area contributed by atoms with Crippen LogP contribution in [0.5, 0.6) is 0 Å². The van der Waals surface area contributed by atoms with Gasteiger partial charge in [-0.2, -0.15) is 0 Å². The normalized spacial score (nSPS) is 15.0. The standard InChI is InChI=1S/C26H31Cl2N3O5S/c1-4-22(25(33)29-15-17(2)3)30(16-18-11-12-19(27)14-21(18)28)24(32)10-7-13-31-26(34)20-8-5-6-9-23(20)37(31,35)36/h5-6,8-9,11-12,14,17,22H,4,7,10,13,15-16H2,1-3H3,(H,29,33)/t22-/m0/s1. The highest BCUT2D eigenvalue weighted by atomic mass is 35.5. The number of sulfonamides is 1. The molecular formula is C26H31Cl2N3O5S. The van der Waals surface area contributed by atoms with Crippen molar-refractivity contribution >= 4 is 50.9 Å². The summed E-state index contributed by atoms with van der Waals surface area (Å²) in [6.45, 7) is 6.17. The third kappa shape index (κ3) is 6.64. The van der Waals surface area contributed by atoms with Crippen LogP contribution in [0.25, 0.3) is 0 Å². The summed E-state index contributed by atoms with van der Waals surface area (Å²) in [6, 6.07) is 10.2. The Kier molecular flexibility index (Phi) is 9.61. The fourth-order valence-corrected chi connectivity index (χ4v) is 6.22. The number of nitrogens with one attached hydrogen (secondary N) is 1. The van der Waals surface area contributed by atoms with Crippen molar-refractivity contribution in [1.29, 1.82) is 0 Å². The molecule has 0 radical (unpaired) electrons. The van der Waals surface area contributed by atoms with Gasteiger partial charge in [0.05, 0.1) is 5.56 Å². The number of hydrogen-bond acceptors (Lipinski definition) is 5. The second-order valence-corrected chi connectivity index (χ2v) is 12.0. The maximum Gasteiger partial charge on any atom is 0.269 e. The molecule has 37 heavy (non-hydrogen) atoms. The van der Waals surface area contributed by atoms with Crippen LogP contribution in [0.3, 0.4) is 0 Å². The van der Waals surface area contributed by atoms with Crippen LogP contribution in [0.1, 0.15) is 56.0 Å². The Morgan fingerprint density at radius 2 is 1.81 bits per heavy atom. The Hall–Kier alpha value is -2.62. The van der Waals surface area contributed by atoms with Crippen molar-refractivity contribution in [2.75, 3.05) is 13.1 Å². The SMILES string of the molecule is CC[C@@H](C(=O)NCC(C)C)N(Cc1ccc(Cl)cc1Cl)C(=O)CCCN1C(=O)c2ccccc2S1(=O)=O. The Morgan fingerprint density at radius 3 is 2.43 bits per heavy atom. The van der Waals surface area contributed by atoms with Gasteiger partial charge in [0.15, 0.2) is 0 Å². The van der Waals surface area contributed by atoms with E-state index in [1.54, 1.807) is 30.3 Å². The topological polar surface area (TPSA) is 104 Å². The quantitative estimate of drug-likeness (QED) is 0.430. The fraction of sp³-hybridized carbons (Fsp3) is 0.423. The lowest BCUT2D eigenvalue weighted by atomic mass is 10.1. The van der Waals surface area contributed by atoms with Crippen molar-refractivity contribution < 1.29 is 22.8 Å². The van der Waals surface area contributed by atoms with E-state index in [4.69, 9.17) is 23.2 Å². The Labute approximate surface area is 228 Å². The lowest BCUT2D eigenvalue weighted by Crippen LogP contribution is -2.49. The van der Waals surface area contributed by atoms with Crippen molar-refractivity contribution in [2.45, 2.75) is 57.5 Å². The molecule has 2 aromatic rings. The number of benzene rings is 2. The van der Waals surface area contributed by atoms with Crippen LogP contribution in [-0.4, -0.2) is 54.5 Å². The number of hydrogen-bond donors (Lipinski definition) is 1. The number of carbonyl (C=O) groups excluding carboxylic acids is 3. The van der Waals surface area contributed by atoms with E-state index < -0.39 is 22.0 Å². The lowest BCUT2D eigenvalue weighted by Gasteiger charge is -2.31. The summed E-state index contributed by atoms with van der Waals surface area (Å²) in [4.78, 5) is 40.5. The molecule has 1 atom stereocenters. The predicted octanol–water partition coefficient (Wildman–Crippen LogP) is 4.50. The van der Waals surface area contributed by atoms with E-state index >= 15 is 0 Å². The van der Waals surface area contributed by atoms with Gasteiger partial charge in [0.1, 0.15) is 10.9 Å². The van der Waals surface area contributed by atoms with Crippen LogP contribution < -0.4 is 5.32 Å². The highest BCUT2D eigenvalue weighted by Crippen LogP contribution is 2.30. The molecule has 1 aliphatic heterocycles. The van der Waals surface area contributed by atoms with Crippen LogP contribution in [0.4, 0.5) is 0 Å². The van der Waals surface area contributed by atoms with Crippen molar-refractivity contribution in [2.24, 2.45) is 5.92 Å². The second-order valence-electron chi connectivity index (χ2n) is 9.30. The third-order valence-electron chi connectivity index (χ3n) is 6.09. The Bertz CT molecular complexity index is 1280. The van der Waals surface area contributed by atoms with Gasteiger partial charge in [0.2, 0.25) is 11.8 Å². The van der Waals surface area contributed by atoms with Gasteiger partial charge in [-0.1, -0.05) is 62.2 Å². The summed E-state index contributed by atoms with van der Waals surface area (Å²) in [5.74, 6) is -0.991. The summed E-state index contributed by atoms with van der Waals surface area (Å²) >= 11 is 12.4. The number of halogens is 2. The van der Waals surface area contributed by atoms with Gasteiger partial charge in [-0.25, -0.2) is 12.7 Å². The van der Waals surface area contributed by atoms with Crippen LogP contribution in [0.2, 0.25) is 10.0 Å². The Balaban J connectivity index is 1.77. The molecule has 0 saturated carbocycles. The van der Waals surface area contributed by atoms with Gasteiger partial charge in [-0.3, -0.25) is 14.4 Å². The number of fused-ring (bicyclic) bond motifs is 1. The minimum absolute atomic E-state index is 0.0294. The highest BCUT2D eigenvalue weighted by Gasteiger charge is 2.40. The minimum Gasteiger partial charge on any atom is -0.354 e. The molecule has 0 spiro atoms. The third-order valence-corrected chi connectivity index (χ3v) is 8.52. The molecule has 1 aliphatic rings. The van der Waals surface area contributed by atoms with Gasteiger partial charge in [-0.05, 0) is 48.6 Å². The number of carbonyl (C=O) groups is 3. The summed E-state index contributed by atoms with van der Waals surface area (Å²) in [6.07, 6.45) is 0.413. The molecule has 0 bridgehead atoms. The molecule has 2 aromatic carbocycles. The zero-order chi connectivity index (χ0) is 27.3. The summed E-state index contributed by atoms with van der Waals surface area (Å²) in [5, 5.41) is 3.71. The predicted molar refractivity (Wildman–Crippen MR) is 143 cm³/mol. The summed E-state index contributed by atoms with van der Waals surface area (Å²) < 4.78 is 26.4.